The first-order valence-corrected chi connectivity index (χ1v) is 5.70. The average molecular weight is 214 g/mol. The summed E-state index contributed by atoms with van der Waals surface area (Å²) >= 11 is 0. The second-order valence-electron chi connectivity index (χ2n) is 4.50. The Kier molecular flexibility index (Phi) is 5.05. The van der Waals surface area contributed by atoms with Gasteiger partial charge in [-0.2, -0.15) is 0 Å². The number of carbonyl (C=O) groups is 1. The van der Waals surface area contributed by atoms with Crippen molar-refractivity contribution in [3.05, 3.63) is 0 Å². The quantitative estimate of drug-likeness (QED) is 0.644. The molecule has 1 aliphatic carbocycles. The van der Waals surface area contributed by atoms with Crippen LogP contribution in [0.4, 0.5) is 0 Å². The number of hydrogen-bond acceptors (Lipinski definition) is 3. The van der Waals surface area contributed by atoms with Crippen LogP contribution in [0.2, 0.25) is 0 Å². The molecule has 15 heavy (non-hydrogen) atoms. The molecule has 4 nitrogen and oxygen atoms in total. The van der Waals surface area contributed by atoms with Gasteiger partial charge < -0.3 is 15.3 Å². The largest absolute Gasteiger partial charge is 0.393 e. The summed E-state index contributed by atoms with van der Waals surface area (Å²) in [6, 6.07) is 0. The molecule has 1 amide bonds. The Morgan fingerprint density at radius 2 is 2.20 bits per heavy atom. The van der Waals surface area contributed by atoms with Crippen molar-refractivity contribution in [3.63, 3.8) is 0 Å². The molecule has 1 saturated carbocycles. The maximum Gasteiger partial charge on any atom is 0.223 e. The lowest BCUT2D eigenvalue weighted by Gasteiger charge is -2.15. The van der Waals surface area contributed by atoms with Crippen LogP contribution in [0.15, 0.2) is 0 Å². The molecule has 2 atom stereocenters. The number of carbonyl (C=O) groups excluding carboxylic acids is 1. The lowest BCUT2D eigenvalue weighted by Crippen LogP contribution is -2.31. The van der Waals surface area contributed by atoms with Gasteiger partial charge in [-0.05, 0) is 18.8 Å². The minimum atomic E-state index is -0.137. The summed E-state index contributed by atoms with van der Waals surface area (Å²) < 4.78 is 0. The molecule has 1 aliphatic rings. The number of rotatable bonds is 5. The second-order valence-corrected chi connectivity index (χ2v) is 4.50. The van der Waals surface area contributed by atoms with E-state index in [4.69, 9.17) is 0 Å². The predicted octanol–water partition coefficient (Wildman–Crippen LogP) is 0.215. The van der Waals surface area contributed by atoms with Crippen molar-refractivity contribution < 1.29 is 9.90 Å². The van der Waals surface area contributed by atoms with E-state index in [1.165, 1.54) is 0 Å². The fourth-order valence-corrected chi connectivity index (χ4v) is 1.96. The second kappa shape index (κ2) is 6.08. The predicted molar refractivity (Wildman–Crippen MR) is 59.5 cm³/mol. The van der Waals surface area contributed by atoms with Crippen LogP contribution in [-0.4, -0.2) is 49.2 Å². The van der Waals surface area contributed by atoms with E-state index < -0.39 is 0 Å². The van der Waals surface area contributed by atoms with Crippen LogP contribution in [0.25, 0.3) is 0 Å². The van der Waals surface area contributed by atoms with Gasteiger partial charge in [-0.3, -0.25) is 4.79 Å². The van der Waals surface area contributed by atoms with Gasteiger partial charge in [0.2, 0.25) is 5.91 Å². The summed E-state index contributed by atoms with van der Waals surface area (Å²) in [5.74, 6) is 0.536. The zero-order valence-electron chi connectivity index (χ0n) is 9.70. The molecule has 88 valence electrons. The summed E-state index contributed by atoms with van der Waals surface area (Å²) in [7, 11) is 3.53. The molecule has 0 radical (unpaired) electrons. The van der Waals surface area contributed by atoms with E-state index in [0.717, 1.165) is 25.8 Å². The van der Waals surface area contributed by atoms with Crippen LogP contribution in [0.1, 0.15) is 25.7 Å². The summed E-state index contributed by atoms with van der Waals surface area (Å²) in [5.41, 5.74) is 0. The Morgan fingerprint density at radius 1 is 1.47 bits per heavy atom. The van der Waals surface area contributed by atoms with Gasteiger partial charge in [-0.1, -0.05) is 6.42 Å². The van der Waals surface area contributed by atoms with Crippen LogP contribution >= 0.6 is 0 Å². The Bertz CT molecular complexity index is 207. The summed E-state index contributed by atoms with van der Waals surface area (Å²) in [5, 5.41) is 12.8. The Morgan fingerprint density at radius 3 is 2.73 bits per heavy atom. The van der Waals surface area contributed by atoms with Crippen molar-refractivity contribution in [1.82, 2.24) is 10.2 Å². The molecule has 0 aliphatic heterocycles. The van der Waals surface area contributed by atoms with Gasteiger partial charge in [0, 0.05) is 33.6 Å². The third kappa shape index (κ3) is 4.18. The first-order valence-electron chi connectivity index (χ1n) is 5.70. The van der Waals surface area contributed by atoms with Crippen molar-refractivity contribution in [2.45, 2.75) is 31.8 Å². The lowest BCUT2D eigenvalue weighted by molar-refractivity contribution is -0.128. The monoisotopic (exact) mass is 214 g/mol. The molecular formula is C11H22N2O2. The highest BCUT2D eigenvalue weighted by Crippen LogP contribution is 2.24. The molecule has 2 unspecified atom stereocenters. The van der Waals surface area contributed by atoms with Crippen molar-refractivity contribution in [2.75, 3.05) is 27.2 Å². The maximum absolute atomic E-state index is 11.2. The van der Waals surface area contributed by atoms with Crippen LogP contribution < -0.4 is 5.32 Å². The van der Waals surface area contributed by atoms with E-state index in [-0.39, 0.29) is 12.0 Å². The zero-order chi connectivity index (χ0) is 11.3. The summed E-state index contributed by atoms with van der Waals surface area (Å²) in [6.45, 7) is 1.54. The zero-order valence-corrected chi connectivity index (χ0v) is 9.70. The van der Waals surface area contributed by atoms with Crippen LogP contribution in [0, 0.1) is 5.92 Å². The van der Waals surface area contributed by atoms with E-state index in [9.17, 15) is 9.90 Å². The maximum atomic E-state index is 11.2. The number of hydrogen-bond donors (Lipinski definition) is 2. The molecular weight excluding hydrogens is 192 g/mol. The summed E-state index contributed by atoms with van der Waals surface area (Å²) in [4.78, 5) is 12.8. The van der Waals surface area contributed by atoms with Crippen LogP contribution in [0.5, 0.6) is 0 Å². The molecule has 4 heteroatoms. The third-order valence-electron chi connectivity index (χ3n) is 3.04. The van der Waals surface area contributed by atoms with Gasteiger partial charge in [0.15, 0.2) is 0 Å². The third-order valence-corrected chi connectivity index (χ3v) is 3.04. The van der Waals surface area contributed by atoms with Gasteiger partial charge in [0.1, 0.15) is 0 Å². The SMILES string of the molecule is CN(C)C(=O)CCNCC1CCCC1O. The van der Waals surface area contributed by atoms with Gasteiger partial charge in [-0.25, -0.2) is 0 Å². The standard InChI is InChI=1S/C11H22N2O2/c1-13(2)11(15)6-7-12-8-9-4-3-5-10(9)14/h9-10,12,14H,3-8H2,1-2H3. The molecule has 0 saturated heterocycles. The Hall–Kier alpha value is -0.610. The normalized spacial score (nSPS) is 25.5. The lowest BCUT2D eigenvalue weighted by atomic mass is 10.1. The minimum Gasteiger partial charge on any atom is -0.393 e. The van der Waals surface area contributed by atoms with Crippen molar-refractivity contribution >= 4 is 5.91 Å². The molecule has 2 N–H and O–H groups in total. The molecule has 0 spiro atoms. The summed E-state index contributed by atoms with van der Waals surface area (Å²) in [6.07, 6.45) is 3.57. The van der Waals surface area contributed by atoms with Gasteiger partial charge in [-0.15, -0.1) is 0 Å². The van der Waals surface area contributed by atoms with Crippen molar-refractivity contribution in [3.8, 4) is 0 Å². The van der Waals surface area contributed by atoms with E-state index in [0.29, 0.717) is 18.9 Å². The van der Waals surface area contributed by atoms with Crippen LogP contribution in [-0.2, 0) is 4.79 Å². The smallest absolute Gasteiger partial charge is 0.223 e. The molecule has 0 heterocycles. The molecule has 1 rings (SSSR count). The van der Waals surface area contributed by atoms with E-state index in [1.807, 2.05) is 0 Å². The topological polar surface area (TPSA) is 52.6 Å². The van der Waals surface area contributed by atoms with Crippen molar-refractivity contribution in [1.29, 1.82) is 0 Å². The first kappa shape index (κ1) is 12.5. The van der Waals surface area contributed by atoms with Crippen molar-refractivity contribution in [2.24, 2.45) is 5.92 Å². The average Bonchev–Trinajstić information content (AvgIpc) is 2.58. The fraction of sp³-hybridized carbons (Fsp3) is 0.909. The molecule has 1 fully saturated rings. The Labute approximate surface area is 91.6 Å². The molecule has 0 aromatic carbocycles. The van der Waals surface area contributed by atoms with Gasteiger partial charge >= 0.3 is 0 Å². The van der Waals surface area contributed by atoms with Gasteiger partial charge in [0.25, 0.3) is 0 Å². The highest BCUT2D eigenvalue weighted by molar-refractivity contribution is 5.75. The fourth-order valence-electron chi connectivity index (χ4n) is 1.96. The number of nitrogens with zero attached hydrogens (tertiary/aromatic N) is 1. The minimum absolute atomic E-state index is 0.137. The number of amides is 1. The first-order chi connectivity index (χ1) is 7.11. The number of aliphatic hydroxyl groups excluding tert-OH is 1. The van der Waals surface area contributed by atoms with E-state index in [2.05, 4.69) is 5.32 Å². The van der Waals surface area contributed by atoms with E-state index in [1.54, 1.807) is 19.0 Å². The number of aliphatic hydroxyl groups is 1. The molecule has 0 aromatic heterocycles. The highest BCUT2D eigenvalue weighted by Gasteiger charge is 2.24. The highest BCUT2D eigenvalue weighted by atomic mass is 16.3. The van der Waals surface area contributed by atoms with E-state index >= 15 is 0 Å². The molecule has 0 bridgehead atoms. The van der Waals surface area contributed by atoms with Crippen LogP contribution in [0.3, 0.4) is 0 Å². The number of nitrogens with one attached hydrogen (secondary N) is 1. The van der Waals surface area contributed by atoms with Gasteiger partial charge in [0.05, 0.1) is 6.10 Å². The molecule has 0 aromatic rings. The Balaban J connectivity index is 2.04.